The SMILES string of the molecule is C/C=C\C1=CN2C(=O)C(N)[C@H]2SC1. The van der Waals surface area contributed by atoms with Gasteiger partial charge >= 0.3 is 0 Å². The minimum atomic E-state index is -0.284. The summed E-state index contributed by atoms with van der Waals surface area (Å²) in [5.74, 6) is 0.992. The number of fused-ring (bicyclic) bond motifs is 1. The van der Waals surface area contributed by atoms with Gasteiger partial charge in [0, 0.05) is 12.0 Å². The first-order valence-corrected chi connectivity index (χ1v) is 5.31. The Bertz CT molecular complexity index is 298. The van der Waals surface area contributed by atoms with E-state index in [2.05, 4.69) is 0 Å². The van der Waals surface area contributed by atoms with Crippen molar-refractivity contribution in [2.24, 2.45) is 5.73 Å². The van der Waals surface area contributed by atoms with Gasteiger partial charge in [-0.3, -0.25) is 4.79 Å². The summed E-state index contributed by atoms with van der Waals surface area (Å²) < 4.78 is 0. The van der Waals surface area contributed by atoms with Crippen LogP contribution in [0.4, 0.5) is 0 Å². The van der Waals surface area contributed by atoms with Crippen LogP contribution >= 0.6 is 11.8 Å². The molecule has 13 heavy (non-hydrogen) atoms. The Kier molecular flexibility index (Phi) is 2.17. The lowest BCUT2D eigenvalue weighted by atomic mass is 10.1. The van der Waals surface area contributed by atoms with E-state index in [0.717, 1.165) is 5.75 Å². The fourth-order valence-corrected chi connectivity index (χ4v) is 2.72. The van der Waals surface area contributed by atoms with Crippen molar-refractivity contribution in [3.63, 3.8) is 0 Å². The molecular formula is C9H12N2OS. The van der Waals surface area contributed by atoms with E-state index in [1.165, 1.54) is 5.57 Å². The molecule has 2 atom stereocenters. The molecule has 70 valence electrons. The molecule has 0 bridgehead atoms. The van der Waals surface area contributed by atoms with Gasteiger partial charge in [0.05, 0.1) is 0 Å². The Morgan fingerprint density at radius 1 is 1.77 bits per heavy atom. The number of nitrogens with two attached hydrogens (primary N) is 1. The van der Waals surface area contributed by atoms with Crippen LogP contribution in [0.1, 0.15) is 6.92 Å². The van der Waals surface area contributed by atoms with Gasteiger partial charge in [0.1, 0.15) is 11.4 Å². The highest BCUT2D eigenvalue weighted by Crippen LogP contribution is 2.35. The zero-order valence-corrected chi connectivity index (χ0v) is 8.25. The summed E-state index contributed by atoms with van der Waals surface area (Å²) in [4.78, 5) is 13.0. The highest BCUT2D eigenvalue weighted by Gasteiger charge is 2.45. The summed E-state index contributed by atoms with van der Waals surface area (Å²) in [6, 6.07) is -0.284. The van der Waals surface area contributed by atoms with Crippen LogP contribution in [-0.2, 0) is 4.79 Å². The predicted octanol–water partition coefficient (Wildman–Crippen LogP) is 0.689. The van der Waals surface area contributed by atoms with E-state index >= 15 is 0 Å². The van der Waals surface area contributed by atoms with E-state index in [9.17, 15) is 4.79 Å². The largest absolute Gasteiger partial charge is 0.317 e. The molecule has 1 saturated heterocycles. The fourth-order valence-electron chi connectivity index (χ4n) is 1.53. The van der Waals surface area contributed by atoms with Crippen molar-refractivity contribution in [3.8, 4) is 0 Å². The molecule has 0 saturated carbocycles. The van der Waals surface area contributed by atoms with Crippen molar-refractivity contribution >= 4 is 17.7 Å². The molecule has 0 radical (unpaired) electrons. The first-order valence-electron chi connectivity index (χ1n) is 4.27. The molecular weight excluding hydrogens is 184 g/mol. The summed E-state index contributed by atoms with van der Waals surface area (Å²) in [7, 11) is 0. The molecule has 2 rings (SSSR count). The molecule has 0 aliphatic carbocycles. The first-order chi connectivity index (χ1) is 6.24. The smallest absolute Gasteiger partial charge is 0.247 e. The van der Waals surface area contributed by atoms with Gasteiger partial charge in [-0.1, -0.05) is 12.2 Å². The number of hydrogen-bond acceptors (Lipinski definition) is 3. The van der Waals surface area contributed by atoms with Gasteiger partial charge < -0.3 is 10.6 Å². The standard InChI is InChI=1S/C9H12N2OS/c1-2-3-6-4-11-8(12)7(10)9(11)13-5-6/h2-4,7,9H,5,10H2,1H3/b3-2-/t7?,9-/m1/s1. The lowest BCUT2D eigenvalue weighted by molar-refractivity contribution is -0.140. The normalized spacial score (nSPS) is 32.9. The second kappa shape index (κ2) is 3.20. The fraction of sp³-hybridized carbons (Fsp3) is 0.444. The van der Waals surface area contributed by atoms with Crippen LogP contribution in [-0.4, -0.2) is 28.0 Å². The highest BCUT2D eigenvalue weighted by molar-refractivity contribution is 8.00. The van der Waals surface area contributed by atoms with Crippen molar-refractivity contribution in [1.29, 1.82) is 0 Å². The van der Waals surface area contributed by atoms with Crippen molar-refractivity contribution in [3.05, 3.63) is 23.9 Å². The average molecular weight is 196 g/mol. The molecule has 1 amide bonds. The Morgan fingerprint density at radius 2 is 2.54 bits per heavy atom. The number of nitrogens with zero attached hydrogens (tertiary/aromatic N) is 1. The molecule has 2 aliphatic rings. The number of carbonyl (C=O) groups excluding carboxylic acids is 1. The van der Waals surface area contributed by atoms with E-state index in [4.69, 9.17) is 5.73 Å². The molecule has 0 aromatic rings. The molecule has 1 fully saturated rings. The molecule has 1 unspecified atom stereocenters. The monoisotopic (exact) mass is 196 g/mol. The van der Waals surface area contributed by atoms with Crippen LogP contribution in [0, 0.1) is 0 Å². The zero-order chi connectivity index (χ0) is 9.42. The van der Waals surface area contributed by atoms with Gasteiger partial charge in [0.2, 0.25) is 5.91 Å². The maximum atomic E-state index is 11.3. The zero-order valence-electron chi connectivity index (χ0n) is 7.43. The second-order valence-corrected chi connectivity index (χ2v) is 4.28. The first kappa shape index (κ1) is 8.84. The topological polar surface area (TPSA) is 46.3 Å². The molecule has 0 spiro atoms. The van der Waals surface area contributed by atoms with Crippen LogP contribution in [0.25, 0.3) is 0 Å². The van der Waals surface area contributed by atoms with Gasteiger partial charge in [-0.05, 0) is 12.5 Å². The number of carbonyl (C=O) groups is 1. The highest BCUT2D eigenvalue weighted by atomic mass is 32.2. The summed E-state index contributed by atoms with van der Waals surface area (Å²) in [6.07, 6.45) is 5.92. The van der Waals surface area contributed by atoms with Crippen LogP contribution in [0.5, 0.6) is 0 Å². The van der Waals surface area contributed by atoms with Crippen molar-refractivity contribution in [2.45, 2.75) is 18.3 Å². The maximum absolute atomic E-state index is 11.3. The number of β-lactam (4-membered cyclic amide) rings is 1. The minimum Gasteiger partial charge on any atom is -0.317 e. The number of hydrogen-bond donors (Lipinski definition) is 1. The molecule has 2 heterocycles. The molecule has 2 aliphatic heterocycles. The summed E-state index contributed by atoms with van der Waals surface area (Å²) in [5, 5.41) is 0.182. The second-order valence-electron chi connectivity index (χ2n) is 3.18. The Labute approximate surface area is 81.7 Å². The summed E-state index contributed by atoms with van der Waals surface area (Å²) >= 11 is 1.73. The number of amides is 1. The van der Waals surface area contributed by atoms with E-state index in [1.54, 1.807) is 16.7 Å². The van der Waals surface area contributed by atoms with Gasteiger partial charge in [-0.15, -0.1) is 11.8 Å². The molecule has 0 aromatic heterocycles. The van der Waals surface area contributed by atoms with Gasteiger partial charge in [0.15, 0.2) is 0 Å². The summed E-state index contributed by atoms with van der Waals surface area (Å²) in [6.45, 7) is 1.97. The van der Waals surface area contributed by atoms with Crippen LogP contribution < -0.4 is 5.73 Å². The van der Waals surface area contributed by atoms with E-state index < -0.39 is 0 Å². The van der Waals surface area contributed by atoms with Crippen molar-refractivity contribution in [2.75, 3.05) is 5.75 Å². The number of rotatable bonds is 1. The molecule has 3 nitrogen and oxygen atoms in total. The van der Waals surface area contributed by atoms with Crippen LogP contribution in [0.15, 0.2) is 23.9 Å². The number of allylic oxidation sites excluding steroid dienone is 2. The van der Waals surface area contributed by atoms with Gasteiger partial charge in [-0.2, -0.15) is 0 Å². The lowest BCUT2D eigenvalue weighted by Gasteiger charge is -2.45. The third kappa shape index (κ3) is 1.30. The van der Waals surface area contributed by atoms with Gasteiger partial charge in [-0.25, -0.2) is 0 Å². The van der Waals surface area contributed by atoms with Crippen molar-refractivity contribution in [1.82, 2.24) is 4.90 Å². The summed E-state index contributed by atoms with van der Waals surface area (Å²) in [5.41, 5.74) is 6.82. The molecule has 4 heteroatoms. The van der Waals surface area contributed by atoms with Crippen LogP contribution in [0.3, 0.4) is 0 Å². The average Bonchev–Trinajstić information content (AvgIpc) is 2.17. The predicted molar refractivity (Wildman–Crippen MR) is 54.0 cm³/mol. The molecule has 0 aromatic carbocycles. The van der Waals surface area contributed by atoms with E-state index in [1.807, 2.05) is 25.3 Å². The van der Waals surface area contributed by atoms with E-state index in [0.29, 0.717) is 0 Å². The Hall–Kier alpha value is -0.740. The third-order valence-electron chi connectivity index (χ3n) is 2.23. The Morgan fingerprint density at radius 3 is 3.23 bits per heavy atom. The Balaban J connectivity index is 2.15. The quantitative estimate of drug-likeness (QED) is 0.628. The van der Waals surface area contributed by atoms with Crippen molar-refractivity contribution < 1.29 is 4.79 Å². The minimum absolute atomic E-state index is 0.0409. The van der Waals surface area contributed by atoms with Crippen LogP contribution in [0.2, 0.25) is 0 Å². The van der Waals surface area contributed by atoms with E-state index in [-0.39, 0.29) is 17.3 Å². The van der Waals surface area contributed by atoms with Gasteiger partial charge in [0.25, 0.3) is 0 Å². The maximum Gasteiger partial charge on any atom is 0.247 e. The molecule has 2 N–H and O–H groups in total. The number of thioether (sulfide) groups is 1. The lowest BCUT2D eigenvalue weighted by Crippen LogP contribution is -2.65. The third-order valence-corrected chi connectivity index (χ3v) is 3.59.